The maximum atomic E-state index is 13.4. The first-order valence-corrected chi connectivity index (χ1v) is 7.12. The first-order chi connectivity index (χ1) is 9.97. The SMILES string of the molecule is CC(=O)c1ccc(CCNC(=O)c2ccc(F)cc2F)s1. The molecule has 0 radical (unpaired) electrons. The average Bonchev–Trinajstić information content (AvgIpc) is 2.87. The Morgan fingerprint density at radius 3 is 2.57 bits per heavy atom. The number of ketones is 1. The van der Waals surface area contributed by atoms with Gasteiger partial charge < -0.3 is 5.32 Å². The predicted octanol–water partition coefficient (Wildman–Crippen LogP) is 3.20. The molecule has 0 saturated heterocycles. The van der Waals surface area contributed by atoms with E-state index in [2.05, 4.69) is 5.32 Å². The van der Waals surface area contributed by atoms with E-state index in [0.29, 0.717) is 23.9 Å². The summed E-state index contributed by atoms with van der Waals surface area (Å²) in [5.41, 5.74) is -0.188. The van der Waals surface area contributed by atoms with Crippen molar-refractivity contribution in [2.24, 2.45) is 0 Å². The normalized spacial score (nSPS) is 10.4. The van der Waals surface area contributed by atoms with Crippen LogP contribution in [0.15, 0.2) is 30.3 Å². The summed E-state index contributed by atoms with van der Waals surface area (Å²) < 4.78 is 26.2. The number of rotatable bonds is 5. The summed E-state index contributed by atoms with van der Waals surface area (Å²) in [4.78, 5) is 24.5. The minimum absolute atomic E-state index is 0.00340. The van der Waals surface area contributed by atoms with Gasteiger partial charge in [-0.25, -0.2) is 8.78 Å². The van der Waals surface area contributed by atoms with Crippen molar-refractivity contribution in [3.05, 3.63) is 57.3 Å². The summed E-state index contributed by atoms with van der Waals surface area (Å²) in [6.07, 6.45) is 0.548. The van der Waals surface area contributed by atoms with Crippen LogP contribution in [0.3, 0.4) is 0 Å². The molecule has 3 nitrogen and oxygen atoms in total. The topological polar surface area (TPSA) is 46.2 Å². The molecule has 1 aromatic carbocycles. The Balaban J connectivity index is 1.90. The van der Waals surface area contributed by atoms with Gasteiger partial charge >= 0.3 is 0 Å². The molecule has 1 heterocycles. The molecule has 0 atom stereocenters. The Bertz CT molecular complexity index is 682. The van der Waals surface area contributed by atoms with E-state index in [0.717, 1.165) is 17.0 Å². The predicted molar refractivity (Wildman–Crippen MR) is 76.7 cm³/mol. The van der Waals surface area contributed by atoms with Crippen molar-refractivity contribution >= 4 is 23.0 Å². The molecule has 1 aromatic heterocycles. The van der Waals surface area contributed by atoms with E-state index in [4.69, 9.17) is 0 Å². The molecular weight excluding hydrogens is 296 g/mol. The van der Waals surface area contributed by atoms with Crippen molar-refractivity contribution in [2.75, 3.05) is 6.54 Å². The van der Waals surface area contributed by atoms with Crippen LogP contribution in [-0.2, 0) is 6.42 Å². The zero-order chi connectivity index (χ0) is 15.4. The number of hydrogen-bond donors (Lipinski definition) is 1. The molecule has 0 fully saturated rings. The van der Waals surface area contributed by atoms with Gasteiger partial charge in [-0.3, -0.25) is 9.59 Å². The summed E-state index contributed by atoms with van der Waals surface area (Å²) in [5.74, 6) is -2.19. The van der Waals surface area contributed by atoms with E-state index in [1.54, 1.807) is 6.07 Å². The Hall–Kier alpha value is -2.08. The van der Waals surface area contributed by atoms with Gasteiger partial charge in [0.05, 0.1) is 10.4 Å². The standard InChI is InChI=1S/C15H13F2NO2S/c1-9(19)14-5-3-11(21-14)6-7-18-15(20)12-4-2-10(16)8-13(12)17/h2-5,8H,6-7H2,1H3,(H,18,20). The Labute approximate surface area is 124 Å². The van der Waals surface area contributed by atoms with Crippen LogP contribution in [0.25, 0.3) is 0 Å². The summed E-state index contributed by atoms with van der Waals surface area (Å²) in [6, 6.07) is 6.39. The fourth-order valence-corrected chi connectivity index (χ4v) is 2.67. The molecule has 110 valence electrons. The van der Waals surface area contributed by atoms with E-state index in [1.807, 2.05) is 6.07 Å². The number of amides is 1. The third kappa shape index (κ3) is 3.95. The molecule has 21 heavy (non-hydrogen) atoms. The number of benzene rings is 1. The number of carbonyl (C=O) groups excluding carboxylic acids is 2. The van der Waals surface area contributed by atoms with Crippen molar-refractivity contribution in [2.45, 2.75) is 13.3 Å². The van der Waals surface area contributed by atoms with Crippen LogP contribution in [-0.4, -0.2) is 18.2 Å². The van der Waals surface area contributed by atoms with Crippen molar-refractivity contribution in [1.82, 2.24) is 5.32 Å². The molecule has 0 aliphatic rings. The molecule has 0 unspecified atom stereocenters. The minimum Gasteiger partial charge on any atom is -0.352 e. The first-order valence-electron chi connectivity index (χ1n) is 6.30. The average molecular weight is 309 g/mol. The lowest BCUT2D eigenvalue weighted by Crippen LogP contribution is -2.26. The van der Waals surface area contributed by atoms with E-state index in [9.17, 15) is 18.4 Å². The summed E-state index contributed by atoms with van der Waals surface area (Å²) in [5, 5.41) is 2.57. The Morgan fingerprint density at radius 2 is 1.95 bits per heavy atom. The second-order valence-corrected chi connectivity index (χ2v) is 5.62. The van der Waals surface area contributed by atoms with Crippen LogP contribution < -0.4 is 5.32 Å². The van der Waals surface area contributed by atoms with Crippen LogP contribution >= 0.6 is 11.3 Å². The molecule has 1 amide bonds. The van der Waals surface area contributed by atoms with Gasteiger partial charge in [0.25, 0.3) is 5.91 Å². The van der Waals surface area contributed by atoms with Gasteiger partial charge in [-0.05, 0) is 37.6 Å². The zero-order valence-corrected chi connectivity index (χ0v) is 12.1. The monoisotopic (exact) mass is 309 g/mol. The minimum atomic E-state index is -0.887. The molecule has 0 spiro atoms. The molecule has 1 N–H and O–H groups in total. The first kappa shape index (κ1) is 15.3. The lowest BCUT2D eigenvalue weighted by molar-refractivity contribution is 0.0949. The molecule has 0 aliphatic heterocycles. The fraction of sp³-hybridized carbons (Fsp3) is 0.200. The van der Waals surface area contributed by atoms with Crippen LogP contribution in [0, 0.1) is 11.6 Å². The smallest absolute Gasteiger partial charge is 0.254 e. The van der Waals surface area contributed by atoms with Gasteiger partial charge in [0.15, 0.2) is 5.78 Å². The number of halogens is 2. The molecule has 0 saturated carbocycles. The van der Waals surface area contributed by atoms with Gasteiger partial charge in [-0.15, -0.1) is 11.3 Å². The van der Waals surface area contributed by atoms with Gasteiger partial charge in [-0.2, -0.15) is 0 Å². The third-order valence-corrected chi connectivity index (χ3v) is 4.09. The number of carbonyl (C=O) groups is 2. The van der Waals surface area contributed by atoms with Gasteiger partial charge in [0, 0.05) is 17.5 Å². The number of hydrogen-bond acceptors (Lipinski definition) is 3. The zero-order valence-electron chi connectivity index (χ0n) is 11.3. The third-order valence-electron chi connectivity index (χ3n) is 2.84. The van der Waals surface area contributed by atoms with Crippen molar-refractivity contribution in [3.8, 4) is 0 Å². The van der Waals surface area contributed by atoms with Crippen molar-refractivity contribution in [1.29, 1.82) is 0 Å². The largest absolute Gasteiger partial charge is 0.352 e. The lowest BCUT2D eigenvalue weighted by atomic mass is 10.2. The highest BCUT2D eigenvalue weighted by Crippen LogP contribution is 2.17. The fourth-order valence-electron chi connectivity index (χ4n) is 1.77. The number of thiophene rings is 1. The summed E-state index contributed by atoms with van der Waals surface area (Å²) in [6.45, 7) is 1.81. The molecular formula is C15H13F2NO2S. The highest BCUT2D eigenvalue weighted by atomic mass is 32.1. The van der Waals surface area contributed by atoms with Crippen LogP contribution in [0.5, 0.6) is 0 Å². The highest BCUT2D eigenvalue weighted by molar-refractivity contribution is 7.14. The van der Waals surface area contributed by atoms with Crippen LogP contribution in [0.4, 0.5) is 8.78 Å². The van der Waals surface area contributed by atoms with E-state index in [1.165, 1.54) is 18.3 Å². The summed E-state index contributed by atoms with van der Waals surface area (Å²) >= 11 is 1.37. The second-order valence-electron chi connectivity index (χ2n) is 4.45. The highest BCUT2D eigenvalue weighted by Gasteiger charge is 2.12. The number of nitrogens with one attached hydrogen (secondary N) is 1. The second kappa shape index (κ2) is 6.58. The quantitative estimate of drug-likeness (QED) is 0.862. The van der Waals surface area contributed by atoms with Crippen molar-refractivity contribution < 1.29 is 18.4 Å². The van der Waals surface area contributed by atoms with Crippen molar-refractivity contribution in [3.63, 3.8) is 0 Å². The Kier molecular flexibility index (Phi) is 4.80. The van der Waals surface area contributed by atoms with Crippen LogP contribution in [0.1, 0.15) is 31.8 Å². The lowest BCUT2D eigenvalue weighted by Gasteiger charge is -2.05. The van der Waals surface area contributed by atoms with Crippen LogP contribution in [0.2, 0.25) is 0 Å². The molecule has 2 rings (SSSR count). The molecule has 2 aromatic rings. The maximum absolute atomic E-state index is 13.4. The molecule has 6 heteroatoms. The molecule has 0 aliphatic carbocycles. The van der Waals surface area contributed by atoms with E-state index < -0.39 is 17.5 Å². The van der Waals surface area contributed by atoms with E-state index >= 15 is 0 Å². The van der Waals surface area contributed by atoms with Gasteiger partial charge in [0.1, 0.15) is 11.6 Å². The van der Waals surface area contributed by atoms with E-state index in [-0.39, 0.29) is 11.3 Å². The van der Waals surface area contributed by atoms with Gasteiger partial charge in [-0.1, -0.05) is 0 Å². The maximum Gasteiger partial charge on any atom is 0.254 e. The Morgan fingerprint density at radius 1 is 1.19 bits per heavy atom. The number of Topliss-reactive ketones (excluding diaryl/α,β-unsaturated/α-hetero) is 1. The van der Waals surface area contributed by atoms with Gasteiger partial charge in [0.2, 0.25) is 0 Å². The molecule has 0 bridgehead atoms. The summed E-state index contributed by atoms with van der Waals surface area (Å²) in [7, 11) is 0.